The maximum atomic E-state index is 5.60. The predicted octanol–water partition coefficient (Wildman–Crippen LogP) is 1.57. The lowest BCUT2D eigenvalue weighted by Gasteiger charge is -2.21. The van der Waals surface area contributed by atoms with Crippen LogP contribution in [0.15, 0.2) is 30.7 Å². The summed E-state index contributed by atoms with van der Waals surface area (Å²) in [5.74, 6) is 0.806. The molecule has 0 fully saturated rings. The minimum absolute atomic E-state index is 0.720. The van der Waals surface area contributed by atoms with Crippen LogP contribution in [0.2, 0.25) is 0 Å². The van der Waals surface area contributed by atoms with E-state index >= 15 is 0 Å². The van der Waals surface area contributed by atoms with E-state index in [1.165, 1.54) is 0 Å². The minimum Gasteiger partial charge on any atom is -0.461 e. The maximum Gasteiger partial charge on any atom is 0.152 e. The Morgan fingerprint density at radius 3 is 3.08 bits per heavy atom. The van der Waals surface area contributed by atoms with Crippen molar-refractivity contribution in [1.82, 2.24) is 0 Å². The van der Waals surface area contributed by atoms with Gasteiger partial charge in [0.2, 0.25) is 0 Å². The summed E-state index contributed by atoms with van der Waals surface area (Å²) in [6.07, 6.45) is 3.50. The zero-order valence-electron chi connectivity index (χ0n) is 6.82. The highest BCUT2D eigenvalue weighted by molar-refractivity contribution is 5.66. The lowest BCUT2D eigenvalue weighted by Crippen LogP contribution is -2.13. The smallest absolute Gasteiger partial charge is 0.152 e. The topological polar surface area (TPSA) is 38.5 Å². The Kier molecular flexibility index (Phi) is 1.43. The zero-order chi connectivity index (χ0) is 8.55. The van der Waals surface area contributed by atoms with Gasteiger partial charge in [0.05, 0.1) is 5.69 Å². The average molecular weight is 162 g/mol. The first kappa shape index (κ1) is 7.03. The number of rotatable bonds is 0. The van der Waals surface area contributed by atoms with Crippen molar-refractivity contribution in [3.05, 3.63) is 30.7 Å². The van der Waals surface area contributed by atoms with Gasteiger partial charge in [-0.2, -0.15) is 0 Å². The second-order valence-corrected chi connectivity index (χ2v) is 2.74. The number of fused-ring (bicyclic) bond motifs is 1. The summed E-state index contributed by atoms with van der Waals surface area (Å²) in [6, 6.07) is 5.61. The Morgan fingerprint density at radius 2 is 2.25 bits per heavy atom. The van der Waals surface area contributed by atoms with Crippen LogP contribution in [0.1, 0.15) is 0 Å². The summed E-state index contributed by atoms with van der Waals surface area (Å²) in [5.41, 5.74) is 7.36. The maximum absolute atomic E-state index is 5.60. The third-order valence-electron chi connectivity index (χ3n) is 1.84. The lowest BCUT2D eigenvalue weighted by molar-refractivity contribution is 0.472. The first-order valence-corrected chi connectivity index (χ1v) is 3.73. The highest BCUT2D eigenvalue weighted by atomic mass is 16.5. The van der Waals surface area contributed by atoms with Crippen LogP contribution in [0.3, 0.4) is 0 Å². The summed E-state index contributed by atoms with van der Waals surface area (Å²) in [7, 11) is 1.97. The second kappa shape index (κ2) is 2.44. The molecule has 1 heterocycles. The molecule has 3 nitrogen and oxygen atoms in total. The van der Waals surface area contributed by atoms with Crippen LogP contribution in [-0.2, 0) is 0 Å². The van der Waals surface area contributed by atoms with E-state index in [9.17, 15) is 0 Å². The molecule has 1 aliphatic heterocycles. The van der Waals surface area contributed by atoms with Gasteiger partial charge in [-0.1, -0.05) is 0 Å². The number of nitrogens with zero attached hydrogens (tertiary/aromatic N) is 1. The normalized spacial score (nSPS) is 13.9. The second-order valence-electron chi connectivity index (χ2n) is 2.74. The van der Waals surface area contributed by atoms with Crippen LogP contribution in [0.25, 0.3) is 0 Å². The van der Waals surface area contributed by atoms with Crippen LogP contribution in [-0.4, -0.2) is 7.05 Å². The quantitative estimate of drug-likeness (QED) is 0.588. The van der Waals surface area contributed by atoms with Crippen molar-refractivity contribution in [3.8, 4) is 5.75 Å². The van der Waals surface area contributed by atoms with Gasteiger partial charge < -0.3 is 15.4 Å². The highest BCUT2D eigenvalue weighted by Crippen LogP contribution is 2.32. The van der Waals surface area contributed by atoms with Gasteiger partial charge in [-0.05, 0) is 12.1 Å². The molecule has 0 aromatic heterocycles. The van der Waals surface area contributed by atoms with Crippen molar-refractivity contribution in [2.24, 2.45) is 0 Å². The van der Waals surface area contributed by atoms with Gasteiger partial charge in [0, 0.05) is 25.0 Å². The molecule has 2 N–H and O–H groups in total. The Bertz CT molecular complexity index is 333. The van der Waals surface area contributed by atoms with Crippen molar-refractivity contribution in [1.29, 1.82) is 0 Å². The Labute approximate surface area is 71.0 Å². The molecular weight excluding hydrogens is 152 g/mol. The SMILES string of the molecule is CN1C=COc2cc(N)ccc21. The number of hydrogen-bond acceptors (Lipinski definition) is 3. The summed E-state index contributed by atoms with van der Waals surface area (Å²) < 4.78 is 5.27. The fourth-order valence-corrected chi connectivity index (χ4v) is 1.19. The molecule has 0 aliphatic carbocycles. The third kappa shape index (κ3) is 0.993. The molecule has 0 amide bonds. The van der Waals surface area contributed by atoms with Crippen molar-refractivity contribution < 1.29 is 4.74 Å². The van der Waals surface area contributed by atoms with Gasteiger partial charge in [-0.3, -0.25) is 0 Å². The monoisotopic (exact) mass is 162 g/mol. The molecule has 0 bridgehead atoms. The molecule has 1 aliphatic rings. The number of benzene rings is 1. The molecule has 0 saturated heterocycles. The molecule has 0 radical (unpaired) electrons. The molecular formula is C9H10N2O. The number of ether oxygens (including phenoxy) is 1. The first-order chi connectivity index (χ1) is 5.77. The van der Waals surface area contributed by atoms with Gasteiger partial charge in [-0.25, -0.2) is 0 Å². The zero-order valence-corrected chi connectivity index (χ0v) is 6.82. The van der Waals surface area contributed by atoms with Gasteiger partial charge in [0.25, 0.3) is 0 Å². The van der Waals surface area contributed by atoms with E-state index in [2.05, 4.69) is 0 Å². The van der Waals surface area contributed by atoms with E-state index in [4.69, 9.17) is 10.5 Å². The van der Waals surface area contributed by atoms with Crippen molar-refractivity contribution in [2.45, 2.75) is 0 Å². The predicted molar refractivity (Wildman–Crippen MR) is 49.0 cm³/mol. The van der Waals surface area contributed by atoms with E-state index < -0.39 is 0 Å². The molecule has 1 aromatic carbocycles. The third-order valence-corrected chi connectivity index (χ3v) is 1.84. The molecule has 1 aromatic rings. The summed E-state index contributed by atoms with van der Waals surface area (Å²) in [6.45, 7) is 0. The van der Waals surface area contributed by atoms with Gasteiger partial charge in [-0.15, -0.1) is 0 Å². The summed E-state index contributed by atoms with van der Waals surface area (Å²) in [4.78, 5) is 1.98. The highest BCUT2D eigenvalue weighted by Gasteiger charge is 2.09. The van der Waals surface area contributed by atoms with Crippen LogP contribution in [0.4, 0.5) is 11.4 Å². The summed E-state index contributed by atoms with van der Waals surface area (Å²) in [5, 5.41) is 0. The fraction of sp³-hybridized carbons (Fsp3) is 0.111. The van der Waals surface area contributed by atoms with Crippen LogP contribution >= 0.6 is 0 Å². The first-order valence-electron chi connectivity index (χ1n) is 3.73. The van der Waals surface area contributed by atoms with E-state index in [1.54, 1.807) is 6.26 Å². The van der Waals surface area contributed by atoms with E-state index in [0.717, 1.165) is 17.1 Å². The number of nitrogen functional groups attached to an aromatic ring is 1. The molecule has 0 spiro atoms. The van der Waals surface area contributed by atoms with Crippen LogP contribution in [0.5, 0.6) is 5.75 Å². The van der Waals surface area contributed by atoms with E-state index in [-0.39, 0.29) is 0 Å². The Balaban J connectivity index is 2.51. The number of nitrogens with two attached hydrogens (primary N) is 1. The molecule has 12 heavy (non-hydrogen) atoms. The summed E-state index contributed by atoms with van der Waals surface area (Å²) >= 11 is 0. The van der Waals surface area contributed by atoms with Gasteiger partial charge in [0.1, 0.15) is 6.26 Å². The average Bonchev–Trinajstić information content (AvgIpc) is 2.04. The lowest BCUT2D eigenvalue weighted by atomic mass is 10.2. The Morgan fingerprint density at radius 1 is 1.42 bits per heavy atom. The molecule has 0 saturated carbocycles. The number of hydrogen-bond donors (Lipinski definition) is 1. The van der Waals surface area contributed by atoms with Crippen molar-refractivity contribution in [2.75, 3.05) is 17.7 Å². The van der Waals surface area contributed by atoms with Gasteiger partial charge in [0.15, 0.2) is 5.75 Å². The fourth-order valence-electron chi connectivity index (χ4n) is 1.19. The standard InChI is InChI=1S/C9H10N2O/c1-11-4-5-12-9-6-7(10)2-3-8(9)11/h2-6H,10H2,1H3. The largest absolute Gasteiger partial charge is 0.461 e. The van der Waals surface area contributed by atoms with E-state index in [1.807, 2.05) is 36.3 Å². The minimum atomic E-state index is 0.720. The Hall–Kier alpha value is -1.64. The van der Waals surface area contributed by atoms with E-state index in [0.29, 0.717) is 0 Å². The van der Waals surface area contributed by atoms with Gasteiger partial charge >= 0.3 is 0 Å². The van der Waals surface area contributed by atoms with Crippen LogP contribution in [0, 0.1) is 0 Å². The molecule has 3 heteroatoms. The van der Waals surface area contributed by atoms with Crippen molar-refractivity contribution >= 4 is 11.4 Å². The molecule has 0 atom stereocenters. The van der Waals surface area contributed by atoms with Crippen molar-refractivity contribution in [3.63, 3.8) is 0 Å². The molecule has 62 valence electrons. The van der Waals surface area contributed by atoms with Crippen LogP contribution < -0.4 is 15.4 Å². The number of anilines is 2. The molecule has 2 rings (SSSR count). The molecule has 0 unspecified atom stereocenters.